The number of aromatic nitrogens is 4. The molecule has 2 aromatic heterocycles. The number of hydrogen-bond acceptors (Lipinski definition) is 6. The molecule has 2 N–H and O–H groups in total. The monoisotopic (exact) mass is 329 g/mol. The quantitative estimate of drug-likeness (QED) is 0.884. The standard InChI is InChI=1S/C16H23N7O/c1-16(14(24)21-15-17-6-7-18-15)5-4-8-23(10-16)13-9-12(22(2)3)19-11-20-13/h6-7,9,11H,4-5,8,10H2,1-3H3,(H2,17,18,21,24)/t16-/m0/s1. The summed E-state index contributed by atoms with van der Waals surface area (Å²) in [6.45, 7) is 3.49. The highest BCUT2D eigenvalue weighted by Crippen LogP contribution is 2.33. The molecule has 128 valence electrons. The van der Waals surface area contributed by atoms with Crippen LogP contribution in [0.4, 0.5) is 17.6 Å². The van der Waals surface area contributed by atoms with Gasteiger partial charge in [0.25, 0.3) is 0 Å². The topological polar surface area (TPSA) is 90.0 Å². The lowest BCUT2D eigenvalue weighted by molar-refractivity contribution is -0.125. The van der Waals surface area contributed by atoms with E-state index < -0.39 is 5.41 Å². The molecule has 3 rings (SSSR count). The molecule has 0 aliphatic carbocycles. The van der Waals surface area contributed by atoms with Gasteiger partial charge in [-0.25, -0.2) is 15.0 Å². The first-order valence-corrected chi connectivity index (χ1v) is 8.03. The molecule has 0 radical (unpaired) electrons. The van der Waals surface area contributed by atoms with E-state index in [1.54, 1.807) is 18.7 Å². The first kappa shape index (κ1) is 16.2. The van der Waals surface area contributed by atoms with E-state index in [-0.39, 0.29) is 5.91 Å². The number of anilines is 3. The number of aromatic amines is 1. The number of H-pyrrole nitrogens is 1. The Morgan fingerprint density at radius 1 is 1.38 bits per heavy atom. The summed E-state index contributed by atoms with van der Waals surface area (Å²) in [6.07, 6.45) is 6.65. The highest BCUT2D eigenvalue weighted by Gasteiger charge is 2.38. The van der Waals surface area contributed by atoms with Crippen molar-refractivity contribution in [2.75, 3.05) is 42.3 Å². The summed E-state index contributed by atoms with van der Waals surface area (Å²) in [5.41, 5.74) is -0.492. The van der Waals surface area contributed by atoms with Gasteiger partial charge in [0, 0.05) is 45.6 Å². The number of hydrogen-bond donors (Lipinski definition) is 2. The average molecular weight is 329 g/mol. The summed E-state index contributed by atoms with van der Waals surface area (Å²) in [7, 11) is 3.90. The molecule has 24 heavy (non-hydrogen) atoms. The Hall–Kier alpha value is -2.64. The largest absolute Gasteiger partial charge is 0.363 e. The van der Waals surface area contributed by atoms with Gasteiger partial charge in [0.1, 0.15) is 18.0 Å². The first-order valence-electron chi connectivity index (χ1n) is 8.03. The molecule has 1 aliphatic rings. The number of rotatable bonds is 4. The number of nitrogens with one attached hydrogen (secondary N) is 2. The van der Waals surface area contributed by atoms with E-state index in [0.29, 0.717) is 12.5 Å². The third-order valence-electron chi connectivity index (χ3n) is 4.40. The summed E-state index contributed by atoms with van der Waals surface area (Å²) in [6, 6.07) is 1.95. The van der Waals surface area contributed by atoms with Gasteiger partial charge in [0.05, 0.1) is 5.41 Å². The van der Waals surface area contributed by atoms with Gasteiger partial charge in [-0.3, -0.25) is 10.1 Å². The number of amides is 1. The summed E-state index contributed by atoms with van der Waals surface area (Å²) in [5, 5.41) is 2.86. The summed E-state index contributed by atoms with van der Waals surface area (Å²) < 4.78 is 0. The van der Waals surface area contributed by atoms with Crippen molar-refractivity contribution >= 4 is 23.5 Å². The Labute approximate surface area is 141 Å². The molecule has 3 heterocycles. The Morgan fingerprint density at radius 3 is 2.92 bits per heavy atom. The minimum Gasteiger partial charge on any atom is -0.363 e. The van der Waals surface area contributed by atoms with Crippen LogP contribution in [0.25, 0.3) is 0 Å². The zero-order valence-corrected chi connectivity index (χ0v) is 14.3. The van der Waals surface area contributed by atoms with E-state index in [2.05, 4.69) is 30.2 Å². The van der Waals surface area contributed by atoms with Crippen molar-refractivity contribution in [2.24, 2.45) is 5.41 Å². The van der Waals surface area contributed by atoms with Crippen molar-refractivity contribution in [2.45, 2.75) is 19.8 Å². The molecule has 8 nitrogen and oxygen atoms in total. The molecule has 1 fully saturated rings. The Bertz CT molecular complexity index is 700. The Morgan fingerprint density at radius 2 is 2.21 bits per heavy atom. The maximum atomic E-state index is 12.7. The smallest absolute Gasteiger partial charge is 0.234 e. The van der Waals surface area contributed by atoms with Crippen molar-refractivity contribution in [3.05, 3.63) is 24.8 Å². The van der Waals surface area contributed by atoms with Crippen molar-refractivity contribution in [3.63, 3.8) is 0 Å². The van der Waals surface area contributed by atoms with Gasteiger partial charge in [-0.15, -0.1) is 0 Å². The van der Waals surface area contributed by atoms with Crippen LogP contribution < -0.4 is 15.1 Å². The summed E-state index contributed by atoms with van der Waals surface area (Å²) >= 11 is 0. The molecule has 1 aliphatic heterocycles. The Balaban J connectivity index is 1.75. The third kappa shape index (κ3) is 3.32. The van der Waals surface area contributed by atoms with Crippen LogP contribution >= 0.6 is 0 Å². The molecule has 1 atom stereocenters. The SMILES string of the molecule is CN(C)c1cc(N2CCC[C@](C)(C(=O)Nc3ncc[nH]3)C2)ncn1. The molecule has 0 saturated carbocycles. The van der Waals surface area contributed by atoms with Gasteiger partial charge < -0.3 is 14.8 Å². The molecule has 2 aromatic rings. The van der Waals surface area contributed by atoms with Crippen LogP contribution in [0.3, 0.4) is 0 Å². The van der Waals surface area contributed by atoms with Crippen LogP contribution in [-0.4, -0.2) is 53.0 Å². The van der Waals surface area contributed by atoms with E-state index in [0.717, 1.165) is 31.0 Å². The molecule has 0 aromatic carbocycles. The average Bonchev–Trinajstić information content (AvgIpc) is 3.08. The van der Waals surface area contributed by atoms with Crippen LogP contribution in [0, 0.1) is 5.41 Å². The second kappa shape index (κ2) is 6.46. The van der Waals surface area contributed by atoms with Crippen molar-refractivity contribution in [3.8, 4) is 0 Å². The highest BCUT2D eigenvalue weighted by atomic mass is 16.2. The molecule has 0 spiro atoms. The second-order valence-electron chi connectivity index (χ2n) is 6.61. The lowest BCUT2D eigenvalue weighted by Gasteiger charge is -2.39. The Kier molecular flexibility index (Phi) is 4.37. The minimum atomic E-state index is -0.492. The zero-order chi connectivity index (χ0) is 17.2. The van der Waals surface area contributed by atoms with E-state index in [9.17, 15) is 4.79 Å². The van der Waals surface area contributed by atoms with Crippen LogP contribution in [0.5, 0.6) is 0 Å². The maximum Gasteiger partial charge on any atom is 0.234 e. The van der Waals surface area contributed by atoms with Crippen molar-refractivity contribution in [1.82, 2.24) is 19.9 Å². The van der Waals surface area contributed by atoms with Crippen molar-refractivity contribution in [1.29, 1.82) is 0 Å². The van der Waals surface area contributed by atoms with Gasteiger partial charge in [-0.2, -0.15) is 0 Å². The van der Waals surface area contributed by atoms with Crippen LogP contribution in [0.1, 0.15) is 19.8 Å². The second-order valence-corrected chi connectivity index (χ2v) is 6.61. The summed E-state index contributed by atoms with van der Waals surface area (Å²) in [5.74, 6) is 2.16. The number of carbonyl (C=O) groups excluding carboxylic acids is 1. The van der Waals surface area contributed by atoms with Gasteiger partial charge in [-0.1, -0.05) is 0 Å². The molecule has 0 bridgehead atoms. The first-order chi connectivity index (χ1) is 11.5. The molecule has 1 saturated heterocycles. The lowest BCUT2D eigenvalue weighted by atomic mass is 9.81. The van der Waals surface area contributed by atoms with Crippen LogP contribution in [-0.2, 0) is 4.79 Å². The fourth-order valence-electron chi connectivity index (χ4n) is 2.97. The van der Waals surface area contributed by atoms with Gasteiger partial charge in [-0.05, 0) is 19.8 Å². The van der Waals surface area contributed by atoms with Crippen LogP contribution in [0.15, 0.2) is 24.8 Å². The number of nitrogens with zero attached hydrogens (tertiary/aromatic N) is 5. The maximum absolute atomic E-state index is 12.7. The lowest BCUT2D eigenvalue weighted by Crippen LogP contribution is -2.48. The molecule has 1 amide bonds. The number of imidazole rings is 1. The van der Waals surface area contributed by atoms with Gasteiger partial charge in [0.2, 0.25) is 11.9 Å². The molecule has 0 unspecified atom stereocenters. The van der Waals surface area contributed by atoms with Crippen LogP contribution in [0.2, 0.25) is 0 Å². The number of piperidine rings is 1. The summed E-state index contributed by atoms with van der Waals surface area (Å²) in [4.78, 5) is 32.4. The van der Waals surface area contributed by atoms with E-state index in [1.807, 2.05) is 32.0 Å². The minimum absolute atomic E-state index is 0.0240. The normalized spacial score (nSPS) is 20.7. The predicted octanol–water partition coefficient (Wildman–Crippen LogP) is 1.51. The van der Waals surface area contributed by atoms with Gasteiger partial charge in [0.15, 0.2) is 0 Å². The van der Waals surface area contributed by atoms with E-state index >= 15 is 0 Å². The fraction of sp³-hybridized carbons (Fsp3) is 0.500. The van der Waals surface area contributed by atoms with E-state index in [1.165, 1.54) is 0 Å². The number of carbonyl (C=O) groups is 1. The molecule has 8 heteroatoms. The predicted molar refractivity (Wildman–Crippen MR) is 93.1 cm³/mol. The van der Waals surface area contributed by atoms with E-state index in [4.69, 9.17) is 0 Å². The zero-order valence-electron chi connectivity index (χ0n) is 14.3. The van der Waals surface area contributed by atoms with Gasteiger partial charge >= 0.3 is 0 Å². The fourth-order valence-corrected chi connectivity index (χ4v) is 2.97. The highest BCUT2D eigenvalue weighted by molar-refractivity contribution is 5.94. The molecular weight excluding hydrogens is 306 g/mol. The molecular formula is C16H23N7O. The van der Waals surface area contributed by atoms with Crippen molar-refractivity contribution < 1.29 is 4.79 Å². The third-order valence-corrected chi connectivity index (χ3v) is 4.40.